The van der Waals surface area contributed by atoms with Crippen molar-refractivity contribution in [2.24, 2.45) is 0 Å². The van der Waals surface area contributed by atoms with Gasteiger partial charge in [0.05, 0.1) is 10.9 Å². The molecule has 0 radical (unpaired) electrons. The van der Waals surface area contributed by atoms with E-state index in [0.29, 0.717) is 27.2 Å². The van der Waals surface area contributed by atoms with Crippen LogP contribution in [0.1, 0.15) is 16.7 Å². The van der Waals surface area contributed by atoms with Gasteiger partial charge in [-0.1, -0.05) is 23.2 Å². The molecule has 0 bridgehead atoms. The van der Waals surface area contributed by atoms with E-state index in [0.717, 1.165) is 11.1 Å². The summed E-state index contributed by atoms with van der Waals surface area (Å²) in [6.07, 6.45) is 4.12. The number of amides is 1. The van der Waals surface area contributed by atoms with Crippen molar-refractivity contribution in [3.63, 3.8) is 0 Å². The summed E-state index contributed by atoms with van der Waals surface area (Å²) >= 11 is 5.90. The van der Waals surface area contributed by atoms with Gasteiger partial charge in [-0.3, -0.25) is 9.59 Å². The number of fused-ring (bicyclic) bond motifs is 1. The van der Waals surface area contributed by atoms with Crippen LogP contribution in [0.4, 0.5) is 5.69 Å². The molecule has 0 aliphatic carbocycles. The van der Waals surface area contributed by atoms with E-state index in [1.165, 1.54) is 18.4 Å². The lowest BCUT2D eigenvalue weighted by atomic mass is 10.1. The van der Waals surface area contributed by atoms with Crippen LogP contribution in [0.15, 0.2) is 57.9 Å². The van der Waals surface area contributed by atoms with E-state index in [1.807, 2.05) is 19.9 Å². The molecule has 0 unspecified atom stereocenters. The predicted molar refractivity (Wildman–Crippen MR) is 101 cm³/mol. The van der Waals surface area contributed by atoms with Gasteiger partial charge in [0.15, 0.2) is 5.43 Å². The van der Waals surface area contributed by atoms with Crippen molar-refractivity contribution < 1.29 is 9.21 Å². The third-order valence-electron chi connectivity index (χ3n) is 3.82. The fourth-order valence-corrected chi connectivity index (χ4v) is 2.71. The van der Waals surface area contributed by atoms with Crippen molar-refractivity contribution in [3.8, 4) is 0 Å². The molecule has 0 aliphatic rings. The fourth-order valence-electron chi connectivity index (χ4n) is 2.48. The summed E-state index contributed by atoms with van der Waals surface area (Å²) in [6, 6.07) is 10.6. The molecule has 0 aliphatic heterocycles. The first-order valence-corrected chi connectivity index (χ1v) is 8.09. The average molecular weight is 354 g/mol. The maximum Gasteiger partial charge on any atom is 0.248 e. The van der Waals surface area contributed by atoms with E-state index < -0.39 is 0 Å². The Bertz CT molecular complexity index is 1050. The Morgan fingerprint density at radius 3 is 2.72 bits per heavy atom. The SMILES string of the molecule is Cc1ccc2occ(/C=C/C(=O)Nc3ccc(Cl)cc3C)c(=O)c2c1. The highest BCUT2D eigenvalue weighted by Gasteiger charge is 2.06. The molecule has 5 heteroatoms. The van der Waals surface area contributed by atoms with Crippen LogP contribution in [-0.2, 0) is 4.79 Å². The van der Waals surface area contributed by atoms with Gasteiger partial charge in [-0.15, -0.1) is 0 Å². The zero-order valence-electron chi connectivity index (χ0n) is 13.8. The molecule has 4 nitrogen and oxygen atoms in total. The first-order valence-electron chi connectivity index (χ1n) is 7.71. The van der Waals surface area contributed by atoms with Gasteiger partial charge in [-0.25, -0.2) is 0 Å². The molecule has 1 heterocycles. The number of halogens is 1. The van der Waals surface area contributed by atoms with Crippen molar-refractivity contribution in [2.75, 3.05) is 5.32 Å². The second-order valence-corrected chi connectivity index (χ2v) is 6.24. The summed E-state index contributed by atoms with van der Waals surface area (Å²) in [4.78, 5) is 24.6. The number of hydrogen-bond donors (Lipinski definition) is 1. The summed E-state index contributed by atoms with van der Waals surface area (Å²) in [6.45, 7) is 3.76. The van der Waals surface area contributed by atoms with E-state index in [2.05, 4.69) is 5.32 Å². The summed E-state index contributed by atoms with van der Waals surface area (Å²) in [5.74, 6) is -0.339. The second-order valence-electron chi connectivity index (χ2n) is 5.80. The molecule has 1 aromatic heterocycles. The number of carbonyl (C=O) groups excluding carboxylic acids is 1. The standard InChI is InChI=1S/C20H16ClNO3/c1-12-3-7-18-16(9-12)20(24)14(11-25-18)4-8-19(23)22-17-6-5-15(21)10-13(17)2/h3-11H,1-2H3,(H,22,23)/b8-4+. The van der Waals surface area contributed by atoms with E-state index in [9.17, 15) is 9.59 Å². The van der Waals surface area contributed by atoms with E-state index in [4.69, 9.17) is 16.0 Å². The Morgan fingerprint density at radius 1 is 1.16 bits per heavy atom. The summed E-state index contributed by atoms with van der Waals surface area (Å²) < 4.78 is 5.46. The van der Waals surface area contributed by atoms with Crippen LogP contribution in [0, 0.1) is 13.8 Å². The van der Waals surface area contributed by atoms with E-state index >= 15 is 0 Å². The number of anilines is 1. The zero-order chi connectivity index (χ0) is 18.0. The normalized spacial score (nSPS) is 11.2. The average Bonchev–Trinajstić information content (AvgIpc) is 2.57. The lowest BCUT2D eigenvalue weighted by Gasteiger charge is -2.06. The molecule has 1 amide bonds. The van der Waals surface area contributed by atoms with Gasteiger partial charge in [0.1, 0.15) is 11.8 Å². The third-order valence-corrected chi connectivity index (χ3v) is 4.05. The minimum atomic E-state index is -0.339. The number of carbonyl (C=O) groups is 1. The maximum atomic E-state index is 12.5. The number of rotatable bonds is 3. The number of benzene rings is 2. The topological polar surface area (TPSA) is 59.3 Å². The van der Waals surface area contributed by atoms with Crippen molar-refractivity contribution in [3.05, 3.63) is 80.7 Å². The van der Waals surface area contributed by atoms with Crippen molar-refractivity contribution in [2.45, 2.75) is 13.8 Å². The molecular weight excluding hydrogens is 338 g/mol. The maximum absolute atomic E-state index is 12.5. The minimum Gasteiger partial charge on any atom is -0.463 e. The van der Waals surface area contributed by atoms with Crippen LogP contribution < -0.4 is 10.7 Å². The Morgan fingerprint density at radius 2 is 1.96 bits per heavy atom. The minimum absolute atomic E-state index is 0.170. The molecule has 2 aromatic carbocycles. The molecular formula is C20H16ClNO3. The number of nitrogens with one attached hydrogen (secondary N) is 1. The Labute approximate surface area is 149 Å². The molecule has 3 aromatic rings. The molecule has 25 heavy (non-hydrogen) atoms. The highest BCUT2D eigenvalue weighted by atomic mass is 35.5. The smallest absolute Gasteiger partial charge is 0.248 e. The molecule has 0 fully saturated rings. The molecule has 0 saturated carbocycles. The third kappa shape index (κ3) is 3.80. The zero-order valence-corrected chi connectivity index (χ0v) is 14.6. The molecule has 0 spiro atoms. The molecule has 0 saturated heterocycles. The van der Waals surface area contributed by atoms with Crippen LogP contribution in [0.5, 0.6) is 0 Å². The summed E-state index contributed by atoms with van der Waals surface area (Å²) in [5, 5.41) is 3.86. The van der Waals surface area contributed by atoms with E-state index in [1.54, 1.807) is 30.3 Å². The van der Waals surface area contributed by atoms with Gasteiger partial charge in [0.25, 0.3) is 0 Å². The Kier molecular flexibility index (Phi) is 4.72. The van der Waals surface area contributed by atoms with Crippen molar-refractivity contribution >= 4 is 40.2 Å². The van der Waals surface area contributed by atoms with Crippen LogP contribution in [0.2, 0.25) is 5.02 Å². The monoisotopic (exact) mass is 353 g/mol. The molecule has 3 rings (SSSR count). The van der Waals surface area contributed by atoms with Gasteiger partial charge in [0.2, 0.25) is 5.91 Å². The summed E-state index contributed by atoms with van der Waals surface area (Å²) in [5.41, 5.74) is 3.17. The lowest BCUT2D eigenvalue weighted by Crippen LogP contribution is -2.10. The van der Waals surface area contributed by atoms with Gasteiger partial charge < -0.3 is 9.73 Å². The van der Waals surface area contributed by atoms with Gasteiger partial charge in [-0.05, 0) is 55.8 Å². The molecule has 1 N–H and O–H groups in total. The van der Waals surface area contributed by atoms with Crippen LogP contribution >= 0.6 is 11.6 Å². The van der Waals surface area contributed by atoms with Gasteiger partial charge >= 0.3 is 0 Å². The Hall–Kier alpha value is -2.85. The first kappa shape index (κ1) is 17.0. The van der Waals surface area contributed by atoms with Crippen LogP contribution in [-0.4, -0.2) is 5.91 Å². The second kappa shape index (κ2) is 6.95. The van der Waals surface area contributed by atoms with Crippen molar-refractivity contribution in [1.82, 2.24) is 0 Å². The Balaban J connectivity index is 1.84. The van der Waals surface area contributed by atoms with Crippen molar-refractivity contribution in [1.29, 1.82) is 0 Å². The predicted octanol–water partition coefficient (Wildman–Crippen LogP) is 4.72. The largest absolute Gasteiger partial charge is 0.463 e. The fraction of sp³-hybridized carbons (Fsp3) is 0.100. The lowest BCUT2D eigenvalue weighted by molar-refractivity contribution is -0.111. The molecule has 0 atom stereocenters. The van der Waals surface area contributed by atoms with E-state index in [-0.39, 0.29) is 11.3 Å². The van der Waals surface area contributed by atoms with Crippen LogP contribution in [0.3, 0.4) is 0 Å². The van der Waals surface area contributed by atoms with Gasteiger partial charge in [-0.2, -0.15) is 0 Å². The highest BCUT2D eigenvalue weighted by molar-refractivity contribution is 6.30. The molecule has 126 valence electrons. The quantitative estimate of drug-likeness (QED) is 0.693. The van der Waals surface area contributed by atoms with Gasteiger partial charge in [0, 0.05) is 16.8 Å². The summed E-state index contributed by atoms with van der Waals surface area (Å²) in [7, 11) is 0. The van der Waals surface area contributed by atoms with Crippen LogP contribution in [0.25, 0.3) is 17.0 Å². The highest BCUT2D eigenvalue weighted by Crippen LogP contribution is 2.19. The number of aryl methyl sites for hydroxylation is 2. The first-order chi connectivity index (χ1) is 11.9. The number of hydrogen-bond acceptors (Lipinski definition) is 3.